The quantitative estimate of drug-likeness (QED) is 0.539. The predicted octanol–water partition coefficient (Wildman–Crippen LogP) is 2.98. The number of esters is 1. The minimum absolute atomic E-state index is 0.0623. The van der Waals surface area contributed by atoms with Gasteiger partial charge < -0.3 is 15.0 Å². The molecule has 0 spiro atoms. The summed E-state index contributed by atoms with van der Waals surface area (Å²) in [5, 5.41) is 3.06. The van der Waals surface area contributed by atoms with Gasteiger partial charge in [0.1, 0.15) is 18.4 Å². The van der Waals surface area contributed by atoms with E-state index in [0.29, 0.717) is 16.4 Å². The average Bonchev–Trinajstić information content (AvgIpc) is 2.93. The second-order valence-electron chi connectivity index (χ2n) is 6.42. The van der Waals surface area contributed by atoms with Gasteiger partial charge in [0.2, 0.25) is 5.91 Å². The van der Waals surface area contributed by atoms with E-state index < -0.39 is 29.6 Å². The molecule has 2 aromatic carbocycles. The standard InChI is InChI=1S/C20H17ClFN3O4S/c1-29-18(27)11-24-16(10-17(26)23-14-7-5-13(22)6-8-14)19(28)25(20(24)30)15-4-2-3-12(21)9-15/h2-9,16H,10-11H2,1H3,(H,23,26). The molecule has 1 atom stereocenters. The summed E-state index contributed by atoms with van der Waals surface area (Å²) >= 11 is 11.4. The van der Waals surface area contributed by atoms with Crippen LogP contribution in [0.4, 0.5) is 15.8 Å². The maximum atomic E-state index is 13.1. The zero-order valence-electron chi connectivity index (χ0n) is 15.8. The molecule has 156 valence electrons. The van der Waals surface area contributed by atoms with Gasteiger partial charge in [0.15, 0.2) is 5.11 Å². The molecule has 2 aromatic rings. The van der Waals surface area contributed by atoms with Crippen molar-refractivity contribution >= 4 is 58.1 Å². The first-order valence-corrected chi connectivity index (χ1v) is 9.61. The Morgan fingerprint density at radius 2 is 1.93 bits per heavy atom. The molecule has 1 saturated heterocycles. The Bertz CT molecular complexity index is 1000. The number of benzene rings is 2. The van der Waals surface area contributed by atoms with Gasteiger partial charge in [-0.1, -0.05) is 17.7 Å². The SMILES string of the molecule is COC(=O)CN1C(=S)N(c2cccc(Cl)c2)C(=O)C1CC(=O)Nc1ccc(F)cc1. The highest BCUT2D eigenvalue weighted by Gasteiger charge is 2.45. The number of carbonyl (C=O) groups is 3. The molecule has 1 aliphatic heterocycles. The number of rotatable bonds is 6. The molecule has 1 unspecified atom stereocenters. The Morgan fingerprint density at radius 1 is 1.23 bits per heavy atom. The van der Waals surface area contributed by atoms with Crippen LogP contribution in [0.15, 0.2) is 48.5 Å². The molecule has 0 saturated carbocycles. The van der Waals surface area contributed by atoms with E-state index in [4.69, 9.17) is 23.8 Å². The van der Waals surface area contributed by atoms with Crippen LogP contribution in [0.3, 0.4) is 0 Å². The van der Waals surface area contributed by atoms with Crippen molar-refractivity contribution in [3.8, 4) is 0 Å². The summed E-state index contributed by atoms with van der Waals surface area (Å²) in [6.45, 7) is -0.299. The first-order chi connectivity index (χ1) is 14.3. The van der Waals surface area contributed by atoms with Gasteiger partial charge >= 0.3 is 5.97 Å². The van der Waals surface area contributed by atoms with Gasteiger partial charge in [-0.25, -0.2) is 4.39 Å². The summed E-state index contributed by atoms with van der Waals surface area (Å²) in [7, 11) is 1.22. The van der Waals surface area contributed by atoms with E-state index in [1.165, 1.54) is 41.2 Å². The Morgan fingerprint density at radius 3 is 2.57 bits per heavy atom. The maximum Gasteiger partial charge on any atom is 0.325 e. The molecule has 1 fully saturated rings. The molecule has 0 aromatic heterocycles. The van der Waals surface area contributed by atoms with Crippen molar-refractivity contribution in [2.45, 2.75) is 12.5 Å². The second kappa shape index (κ2) is 9.19. The lowest BCUT2D eigenvalue weighted by atomic mass is 10.1. The minimum Gasteiger partial charge on any atom is -0.468 e. The number of methoxy groups -OCH3 is 1. The van der Waals surface area contributed by atoms with Crippen LogP contribution in [0, 0.1) is 5.82 Å². The van der Waals surface area contributed by atoms with Crippen molar-refractivity contribution in [1.82, 2.24) is 4.90 Å². The number of hydrogen-bond donors (Lipinski definition) is 1. The Labute approximate surface area is 182 Å². The molecular weight excluding hydrogens is 433 g/mol. The molecule has 0 bridgehead atoms. The van der Waals surface area contributed by atoms with Crippen LogP contribution in [-0.4, -0.2) is 47.5 Å². The zero-order chi connectivity index (χ0) is 21.8. The van der Waals surface area contributed by atoms with Crippen molar-refractivity contribution in [3.05, 3.63) is 59.4 Å². The van der Waals surface area contributed by atoms with Crippen molar-refractivity contribution < 1.29 is 23.5 Å². The van der Waals surface area contributed by atoms with Crippen molar-refractivity contribution in [2.75, 3.05) is 23.9 Å². The lowest BCUT2D eigenvalue weighted by Crippen LogP contribution is -2.41. The van der Waals surface area contributed by atoms with E-state index >= 15 is 0 Å². The molecule has 0 aliphatic carbocycles. The van der Waals surface area contributed by atoms with Crippen LogP contribution in [0.1, 0.15) is 6.42 Å². The van der Waals surface area contributed by atoms with Gasteiger partial charge in [0, 0.05) is 10.7 Å². The molecule has 3 rings (SSSR count). The Kier molecular flexibility index (Phi) is 6.63. The first-order valence-electron chi connectivity index (χ1n) is 8.82. The molecule has 2 amide bonds. The van der Waals surface area contributed by atoms with Gasteiger partial charge in [0.05, 0.1) is 19.2 Å². The number of ether oxygens (including phenoxy) is 1. The molecule has 0 radical (unpaired) electrons. The lowest BCUT2D eigenvalue weighted by molar-refractivity contribution is -0.141. The van der Waals surface area contributed by atoms with Crippen molar-refractivity contribution in [1.29, 1.82) is 0 Å². The first kappa shape index (κ1) is 21.7. The van der Waals surface area contributed by atoms with Crippen molar-refractivity contribution in [3.63, 3.8) is 0 Å². The fraction of sp³-hybridized carbons (Fsp3) is 0.200. The van der Waals surface area contributed by atoms with Gasteiger partial charge in [-0.2, -0.15) is 0 Å². The number of halogens is 2. The van der Waals surface area contributed by atoms with Crippen LogP contribution in [-0.2, 0) is 19.1 Å². The summed E-state index contributed by atoms with van der Waals surface area (Å²) in [5.41, 5.74) is 0.800. The number of nitrogens with zero attached hydrogens (tertiary/aromatic N) is 2. The van der Waals surface area contributed by atoms with Gasteiger partial charge in [0.25, 0.3) is 5.91 Å². The van der Waals surface area contributed by atoms with Gasteiger partial charge in [-0.05, 0) is 54.7 Å². The molecule has 1 N–H and O–H groups in total. The van der Waals surface area contributed by atoms with Crippen LogP contribution < -0.4 is 10.2 Å². The van der Waals surface area contributed by atoms with Crippen LogP contribution >= 0.6 is 23.8 Å². The normalized spacial score (nSPS) is 16.0. The van der Waals surface area contributed by atoms with E-state index in [1.807, 2.05) is 0 Å². The Balaban J connectivity index is 1.84. The van der Waals surface area contributed by atoms with Gasteiger partial charge in [-0.3, -0.25) is 19.3 Å². The number of anilines is 2. The average molecular weight is 450 g/mol. The summed E-state index contributed by atoms with van der Waals surface area (Å²) < 4.78 is 17.7. The van der Waals surface area contributed by atoms with E-state index in [0.717, 1.165) is 0 Å². The number of nitrogens with one attached hydrogen (secondary N) is 1. The number of amides is 2. The largest absolute Gasteiger partial charge is 0.468 e. The highest BCUT2D eigenvalue weighted by atomic mass is 35.5. The number of carbonyl (C=O) groups excluding carboxylic acids is 3. The van der Waals surface area contributed by atoms with Crippen molar-refractivity contribution in [2.24, 2.45) is 0 Å². The molecule has 7 nitrogen and oxygen atoms in total. The van der Waals surface area contributed by atoms with E-state index in [-0.39, 0.29) is 18.1 Å². The fourth-order valence-electron chi connectivity index (χ4n) is 2.99. The van der Waals surface area contributed by atoms with Crippen LogP contribution in [0.5, 0.6) is 0 Å². The third-order valence-electron chi connectivity index (χ3n) is 4.42. The fourth-order valence-corrected chi connectivity index (χ4v) is 3.56. The third kappa shape index (κ3) is 4.74. The number of thiocarbonyl (C=S) groups is 1. The third-order valence-corrected chi connectivity index (χ3v) is 5.07. The smallest absolute Gasteiger partial charge is 0.325 e. The zero-order valence-corrected chi connectivity index (χ0v) is 17.4. The monoisotopic (exact) mass is 449 g/mol. The number of hydrogen-bond acceptors (Lipinski definition) is 5. The van der Waals surface area contributed by atoms with Crippen LogP contribution in [0.25, 0.3) is 0 Å². The molecule has 1 aliphatic rings. The second-order valence-corrected chi connectivity index (χ2v) is 7.22. The van der Waals surface area contributed by atoms with Crippen LogP contribution in [0.2, 0.25) is 5.02 Å². The summed E-state index contributed by atoms with van der Waals surface area (Å²) in [6.07, 6.45) is -0.273. The molecule has 10 heteroatoms. The molecule has 1 heterocycles. The lowest BCUT2D eigenvalue weighted by Gasteiger charge is -2.22. The highest BCUT2D eigenvalue weighted by Crippen LogP contribution is 2.29. The Hall–Kier alpha value is -3.04. The van der Waals surface area contributed by atoms with E-state index in [9.17, 15) is 18.8 Å². The highest BCUT2D eigenvalue weighted by molar-refractivity contribution is 7.80. The summed E-state index contributed by atoms with van der Waals surface area (Å²) in [6, 6.07) is 10.7. The minimum atomic E-state index is -1.02. The maximum absolute atomic E-state index is 13.1. The molecule has 30 heavy (non-hydrogen) atoms. The van der Waals surface area contributed by atoms with Gasteiger partial charge in [-0.15, -0.1) is 0 Å². The topological polar surface area (TPSA) is 79.0 Å². The predicted molar refractivity (Wildman–Crippen MR) is 114 cm³/mol. The molecular formula is C20H17ClFN3O4S. The summed E-state index contributed by atoms with van der Waals surface area (Å²) in [5.74, 6) is -2.02. The summed E-state index contributed by atoms with van der Waals surface area (Å²) in [4.78, 5) is 40.1. The van der Waals surface area contributed by atoms with E-state index in [1.54, 1.807) is 24.3 Å². The van der Waals surface area contributed by atoms with E-state index in [2.05, 4.69) is 10.1 Å².